The summed E-state index contributed by atoms with van der Waals surface area (Å²) < 4.78 is 0. The van der Waals surface area contributed by atoms with Crippen LogP contribution in [0.5, 0.6) is 0 Å². The predicted molar refractivity (Wildman–Crippen MR) is 58.5 cm³/mol. The van der Waals surface area contributed by atoms with Crippen molar-refractivity contribution < 1.29 is 19.8 Å². The van der Waals surface area contributed by atoms with Crippen molar-refractivity contribution in [2.45, 2.75) is 31.1 Å². The van der Waals surface area contributed by atoms with Gasteiger partial charge in [0.25, 0.3) is 0 Å². The minimum absolute atomic E-state index is 0.212. The van der Waals surface area contributed by atoms with E-state index < -0.39 is 23.2 Å². The number of hydrogen-bond acceptors (Lipinski definition) is 5. The highest BCUT2D eigenvalue weighted by Gasteiger charge is 2.37. The topological polar surface area (TPSA) is 74.6 Å². The van der Waals surface area contributed by atoms with Crippen LogP contribution in [0.2, 0.25) is 0 Å². The van der Waals surface area contributed by atoms with E-state index in [1.165, 1.54) is 35.4 Å². The van der Waals surface area contributed by atoms with Gasteiger partial charge >= 0.3 is 5.97 Å². The number of carbonyl (C=O) groups is 2. The van der Waals surface area contributed by atoms with Crippen molar-refractivity contribution in [1.29, 1.82) is 0 Å². The van der Waals surface area contributed by atoms with Crippen LogP contribution in [0.1, 0.15) is 20.3 Å². The number of aliphatic hydroxyl groups is 1. The van der Waals surface area contributed by atoms with Gasteiger partial charge in [0, 0.05) is 0 Å². The molecule has 0 aromatic carbocycles. The number of Topliss-reactive ketones (excluding diaryl/α,β-unsaturated/α-hetero) is 1. The Hall–Kier alpha value is -0.200. The number of carboxylic acids is 1. The van der Waals surface area contributed by atoms with Crippen LogP contribution in [0.3, 0.4) is 0 Å². The van der Waals surface area contributed by atoms with Gasteiger partial charge < -0.3 is 10.2 Å². The number of carbonyl (C=O) groups excluding carboxylic acids is 1. The lowest BCUT2D eigenvalue weighted by atomic mass is 9.95. The zero-order valence-corrected chi connectivity index (χ0v) is 9.94. The Morgan fingerprint density at radius 1 is 1.50 bits per heavy atom. The second-order valence-electron chi connectivity index (χ2n) is 3.18. The minimum Gasteiger partial charge on any atom is -0.481 e. The van der Waals surface area contributed by atoms with Gasteiger partial charge in [-0.3, -0.25) is 9.59 Å². The molecule has 0 fully saturated rings. The Labute approximate surface area is 90.9 Å². The smallest absolute Gasteiger partial charge is 0.306 e. The number of aliphatic carboxylic acids is 1. The molecule has 14 heavy (non-hydrogen) atoms. The first-order chi connectivity index (χ1) is 6.31. The van der Waals surface area contributed by atoms with Crippen LogP contribution in [0.25, 0.3) is 0 Å². The zero-order valence-electron chi connectivity index (χ0n) is 8.31. The second-order valence-corrected chi connectivity index (χ2v) is 5.76. The van der Waals surface area contributed by atoms with Gasteiger partial charge in [-0.1, -0.05) is 21.6 Å². The van der Waals surface area contributed by atoms with E-state index in [1.807, 2.05) is 0 Å². The zero-order chi connectivity index (χ0) is 11.4. The van der Waals surface area contributed by atoms with Gasteiger partial charge in [0.05, 0.1) is 12.0 Å². The highest BCUT2D eigenvalue weighted by molar-refractivity contribution is 8.76. The maximum atomic E-state index is 11.2. The first-order valence-corrected chi connectivity index (χ1v) is 6.57. The third-order valence-electron chi connectivity index (χ3n) is 1.64. The fourth-order valence-electron chi connectivity index (χ4n) is 1.10. The monoisotopic (exact) mass is 238 g/mol. The Morgan fingerprint density at radius 2 is 2.00 bits per heavy atom. The Bertz CT molecular complexity index is 227. The molecule has 0 spiro atoms. The van der Waals surface area contributed by atoms with Crippen LogP contribution in [-0.4, -0.2) is 39.1 Å². The summed E-state index contributed by atoms with van der Waals surface area (Å²) in [6, 6.07) is 0. The van der Waals surface area contributed by atoms with E-state index in [-0.39, 0.29) is 5.78 Å². The summed E-state index contributed by atoms with van der Waals surface area (Å²) in [5.41, 5.74) is -1.49. The summed E-state index contributed by atoms with van der Waals surface area (Å²) in [7, 11) is 2.52. The first-order valence-electron chi connectivity index (χ1n) is 3.95. The van der Waals surface area contributed by atoms with E-state index in [0.29, 0.717) is 0 Å². The summed E-state index contributed by atoms with van der Waals surface area (Å²) in [6.07, 6.45) is 1.35. The molecule has 0 amide bonds. The van der Waals surface area contributed by atoms with E-state index in [2.05, 4.69) is 0 Å². The third kappa shape index (κ3) is 4.34. The first kappa shape index (κ1) is 13.8. The number of ketones is 1. The van der Waals surface area contributed by atoms with Gasteiger partial charge in [-0.15, -0.1) is 0 Å². The molecule has 0 rings (SSSR count). The van der Waals surface area contributed by atoms with Crippen molar-refractivity contribution in [3.63, 3.8) is 0 Å². The highest BCUT2D eigenvalue weighted by Crippen LogP contribution is 2.33. The molecule has 0 bridgehead atoms. The van der Waals surface area contributed by atoms with E-state index in [0.717, 1.165) is 0 Å². The maximum Gasteiger partial charge on any atom is 0.306 e. The molecule has 0 aromatic rings. The average molecular weight is 238 g/mol. The lowest BCUT2D eigenvalue weighted by molar-refractivity contribution is -0.142. The molecule has 2 atom stereocenters. The molecule has 0 aliphatic carbocycles. The van der Waals surface area contributed by atoms with Gasteiger partial charge in [-0.25, -0.2) is 0 Å². The van der Waals surface area contributed by atoms with Gasteiger partial charge in [-0.2, -0.15) is 0 Å². The molecule has 0 aromatic heterocycles. The standard InChI is InChI=1S/C8H14O4S2/c1-5(9)7(14-13-3)8(2,12)4-6(10)11/h7,12H,4H2,1-3H3,(H,10,11). The maximum absolute atomic E-state index is 11.2. The summed E-state index contributed by atoms with van der Waals surface area (Å²) in [6.45, 7) is 2.72. The molecule has 2 unspecified atom stereocenters. The molecule has 0 aliphatic heterocycles. The van der Waals surface area contributed by atoms with Crippen LogP contribution in [0.15, 0.2) is 0 Å². The lowest BCUT2D eigenvalue weighted by Crippen LogP contribution is -2.42. The molecular weight excluding hydrogens is 224 g/mol. The van der Waals surface area contributed by atoms with E-state index in [9.17, 15) is 14.7 Å². The van der Waals surface area contributed by atoms with Gasteiger partial charge in [0.1, 0.15) is 11.0 Å². The quantitative estimate of drug-likeness (QED) is 0.677. The van der Waals surface area contributed by atoms with Crippen molar-refractivity contribution >= 4 is 33.3 Å². The molecule has 82 valence electrons. The molecular formula is C8H14O4S2. The van der Waals surface area contributed by atoms with Crippen molar-refractivity contribution in [3.05, 3.63) is 0 Å². The summed E-state index contributed by atoms with van der Waals surface area (Å²) >= 11 is 0. The van der Waals surface area contributed by atoms with Crippen LogP contribution >= 0.6 is 21.6 Å². The number of hydrogen-bond donors (Lipinski definition) is 2. The highest BCUT2D eigenvalue weighted by atomic mass is 33.1. The molecule has 0 saturated carbocycles. The Balaban J connectivity index is 4.61. The SMILES string of the molecule is CSSC(C(C)=O)C(C)(O)CC(=O)O. The molecule has 0 radical (unpaired) electrons. The fraction of sp³-hybridized carbons (Fsp3) is 0.750. The summed E-state index contributed by atoms with van der Waals surface area (Å²) in [5, 5.41) is 17.7. The van der Waals surface area contributed by atoms with Gasteiger partial charge in [-0.05, 0) is 20.1 Å². The minimum atomic E-state index is -1.49. The molecule has 4 nitrogen and oxygen atoms in total. The molecule has 6 heteroatoms. The number of rotatable bonds is 6. The van der Waals surface area contributed by atoms with Crippen LogP contribution in [0.4, 0.5) is 0 Å². The predicted octanol–water partition coefficient (Wildman–Crippen LogP) is 1.18. The number of carboxylic acid groups (broad SMARTS) is 1. The van der Waals surface area contributed by atoms with E-state index in [1.54, 1.807) is 6.26 Å². The van der Waals surface area contributed by atoms with E-state index >= 15 is 0 Å². The molecule has 0 aliphatic rings. The molecule has 0 heterocycles. The van der Waals surface area contributed by atoms with Crippen molar-refractivity contribution in [3.8, 4) is 0 Å². The van der Waals surface area contributed by atoms with Crippen molar-refractivity contribution in [2.75, 3.05) is 6.26 Å². The fourth-order valence-corrected chi connectivity index (χ4v) is 3.33. The normalized spacial score (nSPS) is 17.1. The lowest BCUT2D eigenvalue weighted by Gasteiger charge is -2.28. The van der Waals surface area contributed by atoms with Crippen LogP contribution in [0, 0.1) is 0 Å². The largest absolute Gasteiger partial charge is 0.481 e. The van der Waals surface area contributed by atoms with Gasteiger partial charge in [0.2, 0.25) is 0 Å². The van der Waals surface area contributed by atoms with Crippen LogP contribution in [-0.2, 0) is 9.59 Å². The Kier molecular flexibility index (Phi) is 5.54. The summed E-state index contributed by atoms with van der Waals surface area (Å²) in [5.74, 6) is -1.32. The van der Waals surface area contributed by atoms with Gasteiger partial charge in [0.15, 0.2) is 0 Å². The third-order valence-corrected chi connectivity index (χ3v) is 4.01. The Morgan fingerprint density at radius 3 is 2.29 bits per heavy atom. The summed E-state index contributed by atoms with van der Waals surface area (Å²) in [4.78, 5) is 21.6. The second kappa shape index (κ2) is 5.63. The average Bonchev–Trinajstić information content (AvgIpc) is 1.96. The molecule has 2 N–H and O–H groups in total. The van der Waals surface area contributed by atoms with Crippen LogP contribution < -0.4 is 0 Å². The van der Waals surface area contributed by atoms with Crippen molar-refractivity contribution in [1.82, 2.24) is 0 Å². The van der Waals surface area contributed by atoms with E-state index in [4.69, 9.17) is 5.11 Å². The van der Waals surface area contributed by atoms with Crippen molar-refractivity contribution in [2.24, 2.45) is 0 Å². The molecule has 0 saturated heterocycles.